The molecule has 0 saturated carbocycles. The molecule has 2 amide bonds. The Hall–Kier alpha value is -3.16. The van der Waals surface area contributed by atoms with E-state index in [4.69, 9.17) is 0 Å². The number of aryl methyl sites for hydroxylation is 1. The van der Waals surface area contributed by atoms with Gasteiger partial charge in [0.2, 0.25) is 10.0 Å². The van der Waals surface area contributed by atoms with Crippen LogP contribution in [0.25, 0.3) is 0 Å². The van der Waals surface area contributed by atoms with Crippen molar-refractivity contribution in [3.05, 3.63) is 107 Å². The fraction of sp³-hybridized carbons (Fsp3) is 0.208. The molecule has 0 aliphatic carbocycles. The number of benzene rings is 3. The lowest BCUT2D eigenvalue weighted by atomic mass is 9.98. The summed E-state index contributed by atoms with van der Waals surface area (Å²) < 4.78 is 25.8. The smallest absolute Gasteiger partial charge is 0.315 e. The minimum Gasteiger partial charge on any atom is -0.334 e. The first-order chi connectivity index (χ1) is 14.9. The lowest BCUT2D eigenvalue weighted by Crippen LogP contribution is -2.38. The minimum atomic E-state index is -3.35. The monoisotopic (exact) mass is 437 g/mol. The van der Waals surface area contributed by atoms with Crippen LogP contribution in [0.5, 0.6) is 0 Å². The topological polar surface area (TPSA) is 87.3 Å². The van der Waals surface area contributed by atoms with Gasteiger partial charge in [-0.3, -0.25) is 0 Å². The highest BCUT2D eigenvalue weighted by Gasteiger charge is 2.16. The summed E-state index contributed by atoms with van der Waals surface area (Å²) >= 11 is 0. The van der Waals surface area contributed by atoms with E-state index in [1.54, 1.807) is 18.2 Å². The molecule has 6 nitrogen and oxygen atoms in total. The van der Waals surface area contributed by atoms with Crippen LogP contribution >= 0.6 is 0 Å². The van der Waals surface area contributed by atoms with Gasteiger partial charge in [0, 0.05) is 6.54 Å². The van der Waals surface area contributed by atoms with E-state index in [1.807, 2.05) is 67.6 Å². The molecule has 162 valence electrons. The zero-order chi connectivity index (χ0) is 22.3. The third kappa shape index (κ3) is 6.67. The summed E-state index contributed by atoms with van der Waals surface area (Å²) in [6, 6.07) is 24.5. The number of sulfonamides is 1. The van der Waals surface area contributed by atoms with Gasteiger partial charge in [0.05, 0.1) is 11.8 Å². The SMILES string of the molecule is CNS(=O)(=O)Cc1cccc(CNC(=O)NC(c2ccccc2)c2ccc(C)cc2)c1. The summed E-state index contributed by atoms with van der Waals surface area (Å²) in [5.74, 6) is -0.104. The summed E-state index contributed by atoms with van der Waals surface area (Å²) in [5, 5.41) is 5.91. The average molecular weight is 438 g/mol. The molecule has 0 bridgehead atoms. The Morgan fingerprint density at radius 2 is 1.52 bits per heavy atom. The van der Waals surface area contributed by atoms with Crippen LogP contribution in [0, 0.1) is 6.92 Å². The van der Waals surface area contributed by atoms with Crippen LogP contribution in [0.3, 0.4) is 0 Å². The lowest BCUT2D eigenvalue weighted by molar-refractivity contribution is 0.238. The standard InChI is InChI=1S/C24H27N3O3S/c1-18-11-13-22(14-12-18)23(21-9-4-3-5-10-21)27-24(28)26-16-19-7-6-8-20(15-19)17-31(29,30)25-2/h3-15,23,25H,16-17H2,1-2H3,(H2,26,27,28). The molecule has 1 unspecified atom stereocenters. The van der Waals surface area contributed by atoms with Crippen molar-refractivity contribution in [1.82, 2.24) is 15.4 Å². The Morgan fingerprint density at radius 3 is 2.19 bits per heavy atom. The maximum atomic E-state index is 12.7. The Balaban J connectivity index is 1.68. The molecule has 7 heteroatoms. The van der Waals surface area contributed by atoms with Crippen molar-refractivity contribution < 1.29 is 13.2 Å². The number of nitrogens with one attached hydrogen (secondary N) is 3. The number of hydrogen-bond acceptors (Lipinski definition) is 3. The van der Waals surface area contributed by atoms with E-state index in [0.717, 1.165) is 22.3 Å². The number of carbonyl (C=O) groups is 1. The summed E-state index contributed by atoms with van der Waals surface area (Å²) in [6.45, 7) is 2.31. The van der Waals surface area contributed by atoms with Gasteiger partial charge in [0.1, 0.15) is 0 Å². The number of carbonyl (C=O) groups excluding carboxylic acids is 1. The number of amides is 2. The maximum Gasteiger partial charge on any atom is 0.315 e. The second-order valence-electron chi connectivity index (χ2n) is 7.36. The second-order valence-corrected chi connectivity index (χ2v) is 9.29. The third-order valence-corrected chi connectivity index (χ3v) is 6.27. The Kier molecular flexibility index (Phi) is 7.44. The van der Waals surface area contributed by atoms with E-state index in [0.29, 0.717) is 5.56 Å². The third-order valence-electron chi connectivity index (χ3n) is 4.93. The lowest BCUT2D eigenvalue weighted by Gasteiger charge is -2.20. The molecule has 3 aromatic rings. The molecule has 0 aliphatic rings. The molecule has 0 aromatic heterocycles. The molecule has 31 heavy (non-hydrogen) atoms. The van der Waals surface area contributed by atoms with E-state index >= 15 is 0 Å². The van der Waals surface area contributed by atoms with Crippen LogP contribution in [-0.2, 0) is 22.3 Å². The molecule has 0 spiro atoms. The van der Waals surface area contributed by atoms with Gasteiger partial charge in [0.25, 0.3) is 0 Å². The molecule has 0 radical (unpaired) electrons. The highest BCUT2D eigenvalue weighted by molar-refractivity contribution is 7.88. The van der Waals surface area contributed by atoms with E-state index in [2.05, 4.69) is 15.4 Å². The quantitative estimate of drug-likeness (QED) is 0.503. The van der Waals surface area contributed by atoms with Gasteiger partial charge in [0.15, 0.2) is 0 Å². The van der Waals surface area contributed by atoms with Gasteiger partial charge < -0.3 is 10.6 Å². The van der Waals surface area contributed by atoms with E-state index < -0.39 is 10.0 Å². The Morgan fingerprint density at radius 1 is 0.871 bits per heavy atom. The molecule has 0 fully saturated rings. The predicted octanol–water partition coefficient (Wildman–Crippen LogP) is 3.63. The molecule has 0 heterocycles. The molecular weight excluding hydrogens is 410 g/mol. The second kappa shape index (κ2) is 10.2. The van der Waals surface area contributed by atoms with Crippen molar-refractivity contribution in [3.8, 4) is 0 Å². The van der Waals surface area contributed by atoms with Gasteiger partial charge in [-0.1, -0.05) is 84.4 Å². The fourth-order valence-corrected chi connectivity index (χ4v) is 4.01. The van der Waals surface area contributed by atoms with Crippen molar-refractivity contribution in [3.63, 3.8) is 0 Å². The van der Waals surface area contributed by atoms with Crippen molar-refractivity contribution in [2.45, 2.75) is 25.3 Å². The fourth-order valence-electron chi connectivity index (χ4n) is 3.25. The van der Waals surface area contributed by atoms with Gasteiger partial charge in [-0.2, -0.15) is 0 Å². The van der Waals surface area contributed by atoms with Crippen molar-refractivity contribution in [1.29, 1.82) is 0 Å². The van der Waals surface area contributed by atoms with E-state index in [9.17, 15) is 13.2 Å². The molecule has 0 saturated heterocycles. The van der Waals surface area contributed by atoms with Crippen LogP contribution in [0.4, 0.5) is 4.79 Å². The predicted molar refractivity (Wildman–Crippen MR) is 123 cm³/mol. The minimum absolute atomic E-state index is 0.104. The molecular formula is C24H27N3O3S. The van der Waals surface area contributed by atoms with Gasteiger partial charge in [-0.25, -0.2) is 17.9 Å². The van der Waals surface area contributed by atoms with Crippen molar-refractivity contribution in [2.24, 2.45) is 0 Å². The summed E-state index contributed by atoms with van der Waals surface area (Å²) in [4.78, 5) is 12.7. The first-order valence-electron chi connectivity index (χ1n) is 10.0. The molecule has 3 aromatic carbocycles. The molecule has 1 atom stereocenters. The first-order valence-corrected chi connectivity index (χ1v) is 11.7. The zero-order valence-corrected chi connectivity index (χ0v) is 18.4. The maximum absolute atomic E-state index is 12.7. The highest BCUT2D eigenvalue weighted by atomic mass is 32.2. The van der Waals surface area contributed by atoms with Crippen molar-refractivity contribution in [2.75, 3.05) is 7.05 Å². The Bertz CT molecular complexity index is 1110. The van der Waals surface area contributed by atoms with E-state index in [1.165, 1.54) is 7.05 Å². The van der Waals surface area contributed by atoms with Crippen LogP contribution in [0.2, 0.25) is 0 Å². The average Bonchev–Trinajstić information content (AvgIpc) is 2.77. The van der Waals surface area contributed by atoms with Crippen LogP contribution < -0.4 is 15.4 Å². The molecule has 0 aliphatic heterocycles. The zero-order valence-electron chi connectivity index (χ0n) is 17.6. The first kappa shape index (κ1) is 22.5. The highest BCUT2D eigenvalue weighted by Crippen LogP contribution is 2.22. The largest absolute Gasteiger partial charge is 0.334 e. The molecule has 3 N–H and O–H groups in total. The summed E-state index contributed by atoms with van der Waals surface area (Å²) in [7, 11) is -1.96. The van der Waals surface area contributed by atoms with Crippen molar-refractivity contribution >= 4 is 16.1 Å². The van der Waals surface area contributed by atoms with E-state index in [-0.39, 0.29) is 24.4 Å². The van der Waals surface area contributed by atoms with Gasteiger partial charge >= 0.3 is 6.03 Å². The Labute approximate surface area is 183 Å². The van der Waals surface area contributed by atoms with Crippen LogP contribution in [0.1, 0.15) is 33.9 Å². The summed E-state index contributed by atoms with van der Waals surface area (Å²) in [5.41, 5.74) is 4.62. The molecule has 3 rings (SSSR count). The number of urea groups is 1. The number of rotatable bonds is 8. The van der Waals surface area contributed by atoms with Crippen LogP contribution in [-0.4, -0.2) is 21.5 Å². The van der Waals surface area contributed by atoms with Gasteiger partial charge in [-0.05, 0) is 36.2 Å². The number of hydrogen-bond donors (Lipinski definition) is 3. The summed E-state index contributed by atoms with van der Waals surface area (Å²) in [6.07, 6.45) is 0. The van der Waals surface area contributed by atoms with Gasteiger partial charge in [-0.15, -0.1) is 0 Å². The normalized spacial score (nSPS) is 12.2. The van der Waals surface area contributed by atoms with Crippen LogP contribution in [0.15, 0.2) is 78.9 Å².